The van der Waals surface area contributed by atoms with Gasteiger partial charge in [-0.3, -0.25) is 4.79 Å². The van der Waals surface area contributed by atoms with E-state index < -0.39 is 0 Å². The fourth-order valence-corrected chi connectivity index (χ4v) is 2.53. The van der Waals surface area contributed by atoms with Crippen LogP contribution in [0.3, 0.4) is 0 Å². The van der Waals surface area contributed by atoms with Gasteiger partial charge in [0.05, 0.1) is 0 Å². The number of carbonyl (C=O) groups is 1. The van der Waals surface area contributed by atoms with Crippen LogP contribution in [0.25, 0.3) is 0 Å². The van der Waals surface area contributed by atoms with E-state index in [-0.39, 0.29) is 5.91 Å². The van der Waals surface area contributed by atoms with Crippen LogP contribution >= 0.6 is 11.6 Å². The van der Waals surface area contributed by atoms with Crippen LogP contribution in [-0.4, -0.2) is 53.9 Å². The Hall–Kier alpha value is -1.13. The van der Waals surface area contributed by atoms with E-state index in [2.05, 4.69) is 9.88 Å². The standard InChI is InChI=1S/C13H18ClN3O/c1-9-6-10(7-12(14)15-9)13(18)17-5-4-11(8-17)16(2)3/h6-7,11H,4-5,8H2,1-3H3. The molecule has 1 aromatic rings. The van der Waals surface area contributed by atoms with Crippen LogP contribution in [0.15, 0.2) is 12.1 Å². The van der Waals surface area contributed by atoms with E-state index >= 15 is 0 Å². The summed E-state index contributed by atoms with van der Waals surface area (Å²) in [5.41, 5.74) is 1.40. The van der Waals surface area contributed by atoms with Gasteiger partial charge in [0.15, 0.2) is 0 Å². The molecule has 18 heavy (non-hydrogen) atoms. The predicted molar refractivity (Wildman–Crippen MR) is 72.0 cm³/mol. The molecule has 0 spiro atoms. The van der Waals surface area contributed by atoms with E-state index in [1.54, 1.807) is 12.1 Å². The number of pyridine rings is 1. The Morgan fingerprint density at radius 3 is 2.78 bits per heavy atom. The Kier molecular flexibility index (Phi) is 3.88. The zero-order valence-electron chi connectivity index (χ0n) is 11.0. The first-order valence-corrected chi connectivity index (χ1v) is 6.45. The lowest BCUT2D eigenvalue weighted by Crippen LogP contribution is -2.34. The van der Waals surface area contributed by atoms with Crippen molar-refractivity contribution < 1.29 is 4.79 Å². The number of amides is 1. The second kappa shape index (κ2) is 5.24. The molecule has 0 N–H and O–H groups in total. The highest BCUT2D eigenvalue weighted by Gasteiger charge is 2.28. The smallest absolute Gasteiger partial charge is 0.254 e. The topological polar surface area (TPSA) is 36.4 Å². The van der Waals surface area contributed by atoms with E-state index in [1.807, 2.05) is 25.9 Å². The fraction of sp³-hybridized carbons (Fsp3) is 0.538. The summed E-state index contributed by atoms with van der Waals surface area (Å²) < 4.78 is 0. The van der Waals surface area contributed by atoms with Gasteiger partial charge < -0.3 is 9.80 Å². The van der Waals surface area contributed by atoms with Gasteiger partial charge in [-0.15, -0.1) is 0 Å². The van der Waals surface area contributed by atoms with E-state index in [0.717, 1.165) is 25.2 Å². The minimum absolute atomic E-state index is 0.0479. The van der Waals surface area contributed by atoms with Crippen LogP contribution < -0.4 is 0 Å². The molecule has 2 heterocycles. The van der Waals surface area contributed by atoms with Crippen molar-refractivity contribution in [2.24, 2.45) is 0 Å². The molecule has 0 aliphatic carbocycles. The van der Waals surface area contributed by atoms with Gasteiger partial charge in [-0.1, -0.05) is 11.6 Å². The monoisotopic (exact) mass is 267 g/mol. The number of carbonyl (C=O) groups excluding carboxylic acids is 1. The summed E-state index contributed by atoms with van der Waals surface area (Å²) in [5, 5.41) is 0.377. The molecule has 0 saturated carbocycles. The quantitative estimate of drug-likeness (QED) is 0.767. The third-order valence-corrected chi connectivity index (χ3v) is 3.54. The SMILES string of the molecule is Cc1cc(C(=O)N2CCC(N(C)C)C2)cc(Cl)n1. The van der Waals surface area contributed by atoms with Crippen molar-refractivity contribution in [2.45, 2.75) is 19.4 Å². The molecule has 0 aromatic carbocycles. The molecule has 1 atom stereocenters. The Morgan fingerprint density at radius 2 is 2.22 bits per heavy atom. The highest BCUT2D eigenvalue weighted by molar-refractivity contribution is 6.29. The molecule has 5 heteroatoms. The Bertz CT molecular complexity index is 441. The Balaban J connectivity index is 2.12. The van der Waals surface area contributed by atoms with Crippen molar-refractivity contribution in [3.05, 3.63) is 28.5 Å². The van der Waals surface area contributed by atoms with Crippen LogP contribution in [-0.2, 0) is 0 Å². The lowest BCUT2D eigenvalue weighted by atomic mass is 10.2. The summed E-state index contributed by atoms with van der Waals surface area (Å²) in [7, 11) is 4.10. The summed E-state index contributed by atoms with van der Waals surface area (Å²) in [5.74, 6) is 0.0479. The summed E-state index contributed by atoms with van der Waals surface area (Å²) in [6.07, 6.45) is 1.02. The summed E-state index contributed by atoms with van der Waals surface area (Å²) in [4.78, 5) is 20.5. The molecule has 1 unspecified atom stereocenters. The number of likely N-dealkylation sites (N-methyl/N-ethyl adjacent to an activating group) is 1. The molecule has 1 fully saturated rings. The van der Waals surface area contributed by atoms with Crippen LogP contribution in [0.4, 0.5) is 0 Å². The molecule has 1 amide bonds. The molecular weight excluding hydrogens is 250 g/mol. The van der Waals surface area contributed by atoms with E-state index in [4.69, 9.17) is 11.6 Å². The second-order valence-corrected chi connectivity index (χ2v) is 5.36. The highest BCUT2D eigenvalue weighted by Crippen LogP contribution is 2.18. The molecule has 0 bridgehead atoms. The Morgan fingerprint density at radius 1 is 1.50 bits per heavy atom. The maximum atomic E-state index is 12.3. The summed E-state index contributed by atoms with van der Waals surface area (Å²) >= 11 is 5.89. The average molecular weight is 268 g/mol. The first-order chi connectivity index (χ1) is 8.47. The van der Waals surface area contributed by atoms with Crippen molar-refractivity contribution in [1.29, 1.82) is 0 Å². The molecule has 1 saturated heterocycles. The third kappa shape index (κ3) is 2.82. The predicted octanol–water partition coefficient (Wildman–Crippen LogP) is 1.82. The van der Waals surface area contributed by atoms with Gasteiger partial charge in [-0.2, -0.15) is 0 Å². The second-order valence-electron chi connectivity index (χ2n) is 4.98. The number of halogens is 1. The van der Waals surface area contributed by atoms with Gasteiger partial charge in [0.2, 0.25) is 0 Å². The number of rotatable bonds is 2. The molecular formula is C13H18ClN3O. The van der Waals surface area contributed by atoms with Gasteiger partial charge in [-0.25, -0.2) is 4.98 Å². The number of likely N-dealkylation sites (tertiary alicyclic amines) is 1. The van der Waals surface area contributed by atoms with Crippen molar-refractivity contribution in [3.8, 4) is 0 Å². The van der Waals surface area contributed by atoms with Crippen molar-refractivity contribution >= 4 is 17.5 Å². The largest absolute Gasteiger partial charge is 0.337 e. The maximum absolute atomic E-state index is 12.3. The normalized spacial score (nSPS) is 19.6. The lowest BCUT2D eigenvalue weighted by Gasteiger charge is -2.20. The number of nitrogens with zero attached hydrogens (tertiary/aromatic N) is 3. The van der Waals surface area contributed by atoms with Crippen LogP contribution in [0, 0.1) is 6.92 Å². The number of aryl methyl sites for hydroxylation is 1. The molecule has 0 radical (unpaired) electrons. The minimum atomic E-state index is 0.0479. The number of hydrogen-bond donors (Lipinski definition) is 0. The van der Waals surface area contributed by atoms with Crippen LogP contribution in [0.5, 0.6) is 0 Å². The first-order valence-electron chi connectivity index (χ1n) is 6.07. The first kappa shape index (κ1) is 13.3. The molecule has 4 nitrogen and oxygen atoms in total. The van der Waals surface area contributed by atoms with Gasteiger partial charge in [0.1, 0.15) is 5.15 Å². The summed E-state index contributed by atoms with van der Waals surface area (Å²) in [6.45, 7) is 3.43. The molecule has 1 aliphatic rings. The van der Waals surface area contributed by atoms with Crippen molar-refractivity contribution in [3.63, 3.8) is 0 Å². The lowest BCUT2D eigenvalue weighted by molar-refractivity contribution is 0.0783. The number of aromatic nitrogens is 1. The van der Waals surface area contributed by atoms with Crippen LogP contribution in [0.2, 0.25) is 5.15 Å². The van der Waals surface area contributed by atoms with E-state index in [1.165, 1.54) is 0 Å². The minimum Gasteiger partial charge on any atom is -0.337 e. The highest BCUT2D eigenvalue weighted by atomic mass is 35.5. The van der Waals surface area contributed by atoms with Crippen molar-refractivity contribution in [2.75, 3.05) is 27.2 Å². The molecule has 98 valence electrons. The zero-order valence-corrected chi connectivity index (χ0v) is 11.7. The zero-order chi connectivity index (χ0) is 13.3. The fourth-order valence-electron chi connectivity index (χ4n) is 2.28. The molecule has 1 aromatic heterocycles. The van der Waals surface area contributed by atoms with Crippen molar-refractivity contribution in [1.82, 2.24) is 14.8 Å². The third-order valence-electron chi connectivity index (χ3n) is 3.35. The van der Waals surface area contributed by atoms with Gasteiger partial charge in [0, 0.05) is 30.4 Å². The van der Waals surface area contributed by atoms with E-state index in [0.29, 0.717) is 16.8 Å². The van der Waals surface area contributed by atoms with E-state index in [9.17, 15) is 4.79 Å². The van der Waals surface area contributed by atoms with Crippen LogP contribution in [0.1, 0.15) is 22.5 Å². The molecule has 1 aliphatic heterocycles. The maximum Gasteiger partial charge on any atom is 0.254 e. The number of hydrogen-bond acceptors (Lipinski definition) is 3. The molecule has 2 rings (SSSR count). The van der Waals surface area contributed by atoms with Gasteiger partial charge >= 0.3 is 0 Å². The van der Waals surface area contributed by atoms with Gasteiger partial charge in [0.25, 0.3) is 5.91 Å². The average Bonchev–Trinajstić information content (AvgIpc) is 2.75. The van der Waals surface area contributed by atoms with Gasteiger partial charge in [-0.05, 0) is 39.6 Å². The summed E-state index contributed by atoms with van der Waals surface area (Å²) in [6, 6.07) is 3.88. The Labute approximate surface area is 113 Å².